The molecular weight excluding hydrogens is 194 g/mol. The molecule has 4 nitrogen and oxygen atoms in total. The third-order valence-corrected chi connectivity index (χ3v) is 3.32. The summed E-state index contributed by atoms with van der Waals surface area (Å²) in [5.74, 6) is 0. The lowest BCUT2D eigenvalue weighted by Crippen LogP contribution is -2.48. The molecule has 2 aliphatic rings. The van der Waals surface area contributed by atoms with Crippen molar-refractivity contribution in [2.45, 2.75) is 31.4 Å². The van der Waals surface area contributed by atoms with E-state index in [0.717, 1.165) is 32.7 Å². The topological polar surface area (TPSA) is 41.9 Å². The molecule has 0 aromatic carbocycles. The highest BCUT2D eigenvalue weighted by atomic mass is 16.5. The zero-order chi connectivity index (χ0) is 10.5. The molecule has 2 aliphatic heterocycles. The summed E-state index contributed by atoms with van der Waals surface area (Å²) in [6, 6.07) is 0.195. The van der Waals surface area contributed by atoms with Crippen LogP contribution < -0.4 is 0 Å². The van der Waals surface area contributed by atoms with Crippen LogP contribution >= 0.6 is 0 Å². The molecule has 2 heterocycles. The molecule has 2 fully saturated rings. The van der Waals surface area contributed by atoms with Gasteiger partial charge in [-0.25, -0.2) is 0 Å². The fourth-order valence-electron chi connectivity index (χ4n) is 2.33. The van der Waals surface area contributed by atoms with E-state index in [1.165, 1.54) is 12.8 Å². The van der Waals surface area contributed by atoms with E-state index in [-0.39, 0.29) is 12.6 Å². The first kappa shape index (κ1) is 11.3. The van der Waals surface area contributed by atoms with E-state index in [0.29, 0.717) is 12.7 Å². The molecule has 2 rings (SSSR count). The Balaban J connectivity index is 1.71. The van der Waals surface area contributed by atoms with E-state index in [2.05, 4.69) is 4.90 Å². The maximum atomic E-state index is 9.20. The van der Waals surface area contributed by atoms with Gasteiger partial charge in [0.15, 0.2) is 0 Å². The van der Waals surface area contributed by atoms with Crippen LogP contribution in [0.4, 0.5) is 0 Å². The van der Waals surface area contributed by atoms with Gasteiger partial charge in [-0.1, -0.05) is 0 Å². The predicted octanol–water partition coefficient (Wildman–Crippen LogP) is 0.249. The number of morpholine rings is 1. The molecule has 0 amide bonds. The summed E-state index contributed by atoms with van der Waals surface area (Å²) in [5, 5.41) is 9.20. The van der Waals surface area contributed by atoms with Crippen LogP contribution in [0.2, 0.25) is 0 Å². The normalized spacial score (nSPS) is 33.4. The number of hydrogen-bond donors (Lipinski definition) is 1. The first-order chi connectivity index (χ1) is 7.40. The van der Waals surface area contributed by atoms with Gasteiger partial charge < -0.3 is 14.6 Å². The van der Waals surface area contributed by atoms with E-state index >= 15 is 0 Å². The van der Waals surface area contributed by atoms with Gasteiger partial charge in [-0.3, -0.25) is 4.90 Å². The third kappa shape index (κ3) is 3.14. The van der Waals surface area contributed by atoms with Crippen LogP contribution in [-0.2, 0) is 9.47 Å². The second-order valence-electron chi connectivity index (χ2n) is 4.37. The summed E-state index contributed by atoms with van der Waals surface area (Å²) in [7, 11) is 0. The molecule has 2 saturated heterocycles. The van der Waals surface area contributed by atoms with Crippen LogP contribution in [0.5, 0.6) is 0 Å². The van der Waals surface area contributed by atoms with Crippen LogP contribution in [0.25, 0.3) is 0 Å². The van der Waals surface area contributed by atoms with Gasteiger partial charge in [-0.2, -0.15) is 0 Å². The van der Waals surface area contributed by atoms with Gasteiger partial charge in [0.2, 0.25) is 0 Å². The fraction of sp³-hybridized carbons (Fsp3) is 1.00. The summed E-state index contributed by atoms with van der Waals surface area (Å²) < 4.78 is 10.9. The molecule has 0 spiro atoms. The van der Waals surface area contributed by atoms with Crippen molar-refractivity contribution in [3.63, 3.8) is 0 Å². The second-order valence-corrected chi connectivity index (χ2v) is 4.37. The van der Waals surface area contributed by atoms with Gasteiger partial charge in [-0.05, 0) is 19.3 Å². The van der Waals surface area contributed by atoms with Crippen molar-refractivity contribution in [2.24, 2.45) is 0 Å². The summed E-state index contributed by atoms with van der Waals surface area (Å²) >= 11 is 0. The Kier molecular flexibility index (Phi) is 4.38. The van der Waals surface area contributed by atoms with Gasteiger partial charge in [0.1, 0.15) is 0 Å². The summed E-state index contributed by atoms with van der Waals surface area (Å²) in [5.41, 5.74) is 0. The van der Waals surface area contributed by atoms with Crippen LogP contribution in [0.3, 0.4) is 0 Å². The minimum absolute atomic E-state index is 0.195. The molecule has 4 heteroatoms. The lowest BCUT2D eigenvalue weighted by molar-refractivity contribution is -0.0330. The SMILES string of the molecule is OCC1COCCN1CCC1CCCO1. The Morgan fingerprint density at radius 3 is 3.00 bits per heavy atom. The lowest BCUT2D eigenvalue weighted by Gasteiger charge is -2.34. The first-order valence-electron chi connectivity index (χ1n) is 5.94. The van der Waals surface area contributed by atoms with E-state index in [1.54, 1.807) is 0 Å². The molecule has 88 valence electrons. The minimum Gasteiger partial charge on any atom is -0.395 e. The zero-order valence-corrected chi connectivity index (χ0v) is 9.23. The van der Waals surface area contributed by atoms with Crippen molar-refractivity contribution in [2.75, 3.05) is 39.5 Å². The zero-order valence-electron chi connectivity index (χ0n) is 9.23. The van der Waals surface area contributed by atoms with Crippen LogP contribution in [-0.4, -0.2) is 61.7 Å². The summed E-state index contributed by atoms with van der Waals surface area (Å²) in [6.45, 7) is 4.56. The van der Waals surface area contributed by atoms with Gasteiger partial charge in [0.05, 0.1) is 32.0 Å². The standard InChI is InChI=1S/C11H21NO3/c13-8-10-9-14-7-5-12(10)4-3-11-2-1-6-15-11/h10-11,13H,1-9H2. The van der Waals surface area contributed by atoms with Crippen LogP contribution in [0.1, 0.15) is 19.3 Å². The molecule has 0 bridgehead atoms. The first-order valence-corrected chi connectivity index (χ1v) is 5.94. The van der Waals surface area contributed by atoms with Gasteiger partial charge in [0, 0.05) is 19.7 Å². The predicted molar refractivity (Wildman–Crippen MR) is 56.9 cm³/mol. The fourth-order valence-corrected chi connectivity index (χ4v) is 2.33. The Morgan fingerprint density at radius 2 is 2.27 bits per heavy atom. The van der Waals surface area contributed by atoms with Crippen LogP contribution in [0, 0.1) is 0 Å². The quantitative estimate of drug-likeness (QED) is 0.730. The van der Waals surface area contributed by atoms with E-state index in [4.69, 9.17) is 9.47 Å². The van der Waals surface area contributed by atoms with Crippen molar-refractivity contribution >= 4 is 0 Å². The number of aliphatic hydroxyl groups is 1. The number of rotatable bonds is 4. The second kappa shape index (κ2) is 5.80. The Hall–Kier alpha value is -0.160. The molecule has 2 atom stereocenters. The van der Waals surface area contributed by atoms with Gasteiger partial charge in [-0.15, -0.1) is 0 Å². The Morgan fingerprint density at radius 1 is 1.33 bits per heavy atom. The number of nitrogens with zero attached hydrogens (tertiary/aromatic N) is 1. The molecule has 0 radical (unpaired) electrons. The summed E-state index contributed by atoms with van der Waals surface area (Å²) in [4.78, 5) is 2.32. The smallest absolute Gasteiger partial charge is 0.0644 e. The highest BCUT2D eigenvalue weighted by Gasteiger charge is 2.24. The van der Waals surface area contributed by atoms with Crippen molar-refractivity contribution in [3.05, 3.63) is 0 Å². The minimum atomic E-state index is 0.195. The molecule has 0 aromatic rings. The summed E-state index contributed by atoms with van der Waals surface area (Å²) in [6.07, 6.45) is 3.95. The maximum absolute atomic E-state index is 9.20. The Bertz CT molecular complexity index is 183. The lowest BCUT2D eigenvalue weighted by atomic mass is 10.1. The molecule has 1 N–H and O–H groups in total. The highest BCUT2D eigenvalue weighted by Crippen LogP contribution is 2.17. The largest absolute Gasteiger partial charge is 0.395 e. The van der Waals surface area contributed by atoms with E-state index in [9.17, 15) is 5.11 Å². The Labute approximate surface area is 91.2 Å². The van der Waals surface area contributed by atoms with Gasteiger partial charge >= 0.3 is 0 Å². The van der Waals surface area contributed by atoms with E-state index in [1.807, 2.05) is 0 Å². The van der Waals surface area contributed by atoms with Gasteiger partial charge in [0.25, 0.3) is 0 Å². The molecular formula is C11H21NO3. The van der Waals surface area contributed by atoms with Crippen molar-refractivity contribution in [3.8, 4) is 0 Å². The van der Waals surface area contributed by atoms with Crippen molar-refractivity contribution in [1.82, 2.24) is 4.90 Å². The molecule has 0 aliphatic carbocycles. The number of ether oxygens (including phenoxy) is 2. The van der Waals surface area contributed by atoms with Crippen molar-refractivity contribution < 1.29 is 14.6 Å². The monoisotopic (exact) mass is 215 g/mol. The average Bonchev–Trinajstić information content (AvgIpc) is 2.79. The molecule has 0 aromatic heterocycles. The maximum Gasteiger partial charge on any atom is 0.0644 e. The van der Waals surface area contributed by atoms with Crippen LogP contribution in [0.15, 0.2) is 0 Å². The molecule has 15 heavy (non-hydrogen) atoms. The third-order valence-electron chi connectivity index (χ3n) is 3.32. The van der Waals surface area contributed by atoms with E-state index < -0.39 is 0 Å². The van der Waals surface area contributed by atoms with Crippen molar-refractivity contribution in [1.29, 1.82) is 0 Å². The average molecular weight is 215 g/mol. The number of hydrogen-bond acceptors (Lipinski definition) is 4. The molecule has 0 saturated carbocycles. The highest BCUT2D eigenvalue weighted by molar-refractivity contribution is 4.76. The molecule has 2 unspecified atom stereocenters. The number of aliphatic hydroxyl groups excluding tert-OH is 1.